The van der Waals surface area contributed by atoms with Gasteiger partial charge < -0.3 is 10.1 Å². The molecule has 0 radical (unpaired) electrons. The summed E-state index contributed by atoms with van der Waals surface area (Å²) in [5.41, 5.74) is 2.29. The minimum Gasteiger partial charge on any atom is -0.383 e. The highest BCUT2D eigenvalue weighted by molar-refractivity contribution is 9.10. The van der Waals surface area contributed by atoms with Crippen LogP contribution in [0.15, 0.2) is 35.1 Å². The van der Waals surface area contributed by atoms with Crippen LogP contribution in [0.4, 0.5) is 5.95 Å². The second-order valence-corrected chi connectivity index (χ2v) is 5.41. The highest BCUT2D eigenvalue weighted by Gasteiger charge is 2.09. The zero-order valence-electron chi connectivity index (χ0n) is 11.4. The summed E-state index contributed by atoms with van der Waals surface area (Å²) in [6.07, 6.45) is 3.73. The van der Waals surface area contributed by atoms with E-state index in [9.17, 15) is 0 Å². The Balaban J connectivity index is 2.25. The van der Waals surface area contributed by atoms with Crippen molar-refractivity contribution < 1.29 is 4.74 Å². The first-order chi connectivity index (χ1) is 9.11. The van der Waals surface area contributed by atoms with Crippen LogP contribution in [0.1, 0.15) is 12.5 Å². The Hall–Kier alpha value is -1.33. The molecule has 0 fully saturated rings. The van der Waals surface area contributed by atoms with Crippen molar-refractivity contribution in [2.75, 3.05) is 19.0 Å². The van der Waals surface area contributed by atoms with Crippen LogP contribution in [0, 0.1) is 6.92 Å². The van der Waals surface area contributed by atoms with Gasteiger partial charge in [0.2, 0.25) is 5.95 Å². The lowest BCUT2D eigenvalue weighted by Crippen LogP contribution is -2.22. The molecule has 1 heterocycles. The van der Waals surface area contributed by atoms with Crippen LogP contribution in [0.25, 0.3) is 5.69 Å². The topological polar surface area (TPSA) is 39.1 Å². The third kappa shape index (κ3) is 3.36. The Morgan fingerprint density at radius 3 is 2.95 bits per heavy atom. The van der Waals surface area contributed by atoms with Gasteiger partial charge in [0.1, 0.15) is 0 Å². The van der Waals surface area contributed by atoms with Gasteiger partial charge in [-0.15, -0.1) is 0 Å². The lowest BCUT2D eigenvalue weighted by molar-refractivity contribution is 0.190. The van der Waals surface area contributed by atoms with Crippen molar-refractivity contribution in [3.8, 4) is 5.69 Å². The Morgan fingerprint density at radius 2 is 2.26 bits per heavy atom. The predicted molar refractivity (Wildman–Crippen MR) is 81.0 cm³/mol. The summed E-state index contributed by atoms with van der Waals surface area (Å²) in [7, 11) is 1.70. The maximum absolute atomic E-state index is 5.13. The molecule has 5 heteroatoms. The lowest BCUT2D eigenvalue weighted by atomic mass is 10.2. The summed E-state index contributed by atoms with van der Waals surface area (Å²) >= 11 is 3.56. The SMILES string of the molecule is COCC(C)Nc1nccn1-c1ccc(C)c(Br)c1. The molecule has 102 valence electrons. The van der Waals surface area contributed by atoms with Crippen molar-refractivity contribution in [2.24, 2.45) is 0 Å². The number of benzene rings is 1. The zero-order chi connectivity index (χ0) is 13.8. The quantitative estimate of drug-likeness (QED) is 0.916. The molecule has 0 saturated heterocycles. The monoisotopic (exact) mass is 323 g/mol. The van der Waals surface area contributed by atoms with Gasteiger partial charge in [0.15, 0.2) is 0 Å². The number of anilines is 1. The van der Waals surface area contributed by atoms with Crippen molar-refractivity contribution in [3.63, 3.8) is 0 Å². The van der Waals surface area contributed by atoms with Gasteiger partial charge in [-0.3, -0.25) is 4.57 Å². The molecule has 19 heavy (non-hydrogen) atoms. The second kappa shape index (κ2) is 6.21. The summed E-state index contributed by atoms with van der Waals surface area (Å²) < 4.78 is 8.24. The van der Waals surface area contributed by atoms with Gasteiger partial charge in [-0.2, -0.15) is 0 Å². The molecule has 0 aliphatic carbocycles. The standard InChI is InChI=1S/C14H18BrN3O/c1-10-4-5-12(8-13(10)15)18-7-6-16-14(18)17-11(2)9-19-3/h4-8,11H,9H2,1-3H3,(H,16,17). The van der Waals surface area contributed by atoms with Crippen LogP contribution >= 0.6 is 15.9 Å². The number of hydrogen-bond donors (Lipinski definition) is 1. The molecule has 1 N–H and O–H groups in total. The van der Waals surface area contributed by atoms with E-state index in [1.54, 1.807) is 13.3 Å². The molecule has 1 atom stereocenters. The van der Waals surface area contributed by atoms with E-state index in [0.29, 0.717) is 6.61 Å². The molecule has 4 nitrogen and oxygen atoms in total. The van der Waals surface area contributed by atoms with E-state index in [2.05, 4.69) is 58.3 Å². The summed E-state index contributed by atoms with van der Waals surface area (Å²) in [5, 5.41) is 3.34. The van der Waals surface area contributed by atoms with E-state index in [0.717, 1.165) is 16.1 Å². The number of ether oxygens (including phenoxy) is 1. The van der Waals surface area contributed by atoms with Crippen LogP contribution in [-0.2, 0) is 4.74 Å². The second-order valence-electron chi connectivity index (χ2n) is 4.56. The van der Waals surface area contributed by atoms with Gasteiger partial charge in [-0.1, -0.05) is 22.0 Å². The fourth-order valence-electron chi connectivity index (χ4n) is 1.86. The Kier molecular flexibility index (Phi) is 4.61. The van der Waals surface area contributed by atoms with Crippen molar-refractivity contribution >= 4 is 21.9 Å². The van der Waals surface area contributed by atoms with Gasteiger partial charge in [-0.25, -0.2) is 4.98 Å². The van der Waals surface area contributed by atoms with Crippen molar-refractivity contribution in [1.29, 1.82) is 0 Å². The number of rotatable bonds is 5. The molecule has 0 bridgehead atoms. The summed E-state index contributed by atoms with van der Waals surface area (Å²) in [6, 6.07) is 6.46. The van der Waals surface area contributed by atoms with Crippen molar-refractivity contribution in [3.05, 3.63) is 40.6 Å². The van der Waals surface area contributed by atoms with Gasteiger partial charge in [0, 0.05) is 35.7 Å². The van der Waals surface area contributed by atoms with Crippen LogP contribution < -0.4 is 5.32 Å². The van der Waals surface area contributed by atoms with E-state index >= 15 is 0 Å². The third-order valence-electron chi connectivity index (χ3n) is 2.87. The van der Waals surface area contributed by atoms with Gasteiger partial charge >= 0.3 is 0 Å². The van der Waals surface area contributed by atoms with E-state index in [4.69, 9.17) is 4.74 Å². The maximum atomic E-state index is 5.13. The molecule has 1 aromatic heterocycles. The lowest BCUT2D eigenvalue weighted by Gasteiger charge is -2.15. The Bertz CT molecular complexity index is 553. The molecular weight excluding hydrogens is 306 g/mol. The number of hydrogen-bond acceptors (Lipinski definition) is 3. The van der Waals surface area contributed by atoms with Crippen LogP contribution in [0.5, 0.6) is 0 Å². The summed E-state index contributed by atoms with van der Waals surface area (Å²) in [6.45, 7) is 4.78. The molecule has 0 aliphatic heterocycles. The number of imidazole rings is 1. The molecule has 0 aliphatic rings. The first kappa shape index (κ1) is 14.1. The first-order valence-electron chi connectivity index (χ1n) is 6.17. The highest BCUT2D eigenvalue weighted by Crippen LogP contribution is 2.22. The Morgan fingerprint density at radius 1 is 1.47 bits per heavy atom. The van der Waals surface area contributed by atoms with Crippen LogP contribution in [0.3, 0.4) is 0 Å². The Labute approximate surface area is 121 Å². The smallest absolute Gasteiger partial charge is 0.207 e. The number of aromatic nitrogens is 2. The molecule has 1 aromatic carbocycles. The van der Waals surface area contributed by atoms with Gasteiger partial charge in [0.05, 0.1) is 6.61 Å². The van der Waals surface area contributed by atoms with E-state index in [1.165, 1.54) is 5.56 Å². The fraction of sp³-hybridized carbons (Fsp3) is 0.357. The molecule has 1 unspecified atom stereocenters. The molecule has 2 aromatic rings. The van der Waals surface area contributed by atoms with Gasteiger partial charge in [-0.05, 0) is 31.5 Å². The molecule has 2 rings (SSSR count). The van der Waals surface area contributed by atoms with Crippen molar-refractivity contribution in [2.45, 2.75) is 19.9 Å². The highest BCUT2D eigenvalue weighted by atomic mass is 79.9. The van der Waals surface area contributed by atoms with Gasteiger partial charge in [0.25, 0.3) is 0 Å². The van der Waals surface area contributed by atoms with E-state index in [-0.39, 0.29) is 6.04 Å². The number of nitrogens with zero attached hydrogens (tertiary/aromatic N) is 2. The predicted octanol–water partition coefficient (Wildman–Crippen LogP) is 3.39. The minimum atomic E-state index is 0.208. The first-order valence-corrected chi connectivity index (χ1v) is 6.96. The normalized spacial score (nSPS) is 12.4. The summed E-state index contributed by atoms with van der Waals surface area (Å²) in [4.78, 5) is 4.35. The average molecular weight is 324 g/mol. The van der Waals surface area contributed by atoms with E-state index in [1.807, 2.05) is 10.8 Å². The third-order valence-corrected chi connectivity index (χ3v) is 3.72. The minimum absolute atomic E-state index is 0.208. The molecule has 0 spiro atoms. The van der Waals surface area contributed by atoms with E-state index < -0.39 is 0 Å². The van der Waals surface area contributed by atoms with Crippen LogP contribution in [-0.4, -0.2) is 29.3 Å². The largest absolute Gasteiger partial charge is 0.383 e. The van der Waals surface area contributed by atoms with Crippen LogP contribution in [0.2, 0.25) is 0 Å². The number of halogens is 1. The molecule has 0 amide bonds. The number of methoxy groups -OCH3 is 1. The number of aryl methyl sites for hydroxylation is 1. The zero-order valence-corrected chi connectivity index (χ0v) is 12.9. The fourth-order valence-corrected chi connectivity index (χ4v) is 2.23. The molecular formula is C14H18BrN3O. The number of nitrogens with one attached hydrogen (secondary N) is 1. The average Bonchev–Trinajstić information content (AvgIpc) is 2.81. The summed E-state index contributed by atoms with van der Waals surface area (Å²) in [5.74, 6) is 0.820. The maximum Gasteiger partial charge on any atom is 0.207 e. The van der Waals surface area contributed by atoms with Crippen molar-refractivity contribution in [1.82, 2.24) is 9.55 Å². The molecule has 0 saturated carbocycles.